The van der Waals surface area contributed by atoms with Crippen LogP contribution in [0.1, 0.15) is 5.56 Å². The first-order chi connectivity index (χ1) is 12.6. The third kappa shape index (κ3) is 5.30. The molecule has 1 amide bonds. The summed E-state index contributed by atoms with van der Waals surface area (Å²) in [6.07, 6.45) is 0. The molecule has 0 atom stereocenters. The molecule has 26 heavy (non-hydrogen) atoms. The molecular formula is C19H15BrClN3OS. The number of amides is 1. The summed E-state index contributed by atoms with van der Waals surface area (Å²) in [6, 6.07) is 19.1. The minimum Gasteiger partial charge on any atom is -0.351 e. The molecule has 0 unspecified atom stereocenters. The summed E-state index contributed by atoms with van der Waals surface area (Å²) in [6.45, 7) is 0.410. The minimum absolute atomic E-state index is 0.0753. The molecule has 7 heteroatoms. The van der Waals surface area contributed by atoms with Gasteiger partial charge in [-0.05, 0) is 35.9 Å². The first-order valence-electron chi connectivity index (χ1n) is 7.84. The Morgan fingerprint density at radius 1 is 1.04 bits per heavy atom. The fourth-order valence-electron chi connectivity index (χ4n) is 2.20. The van der Waals surface area contributed by atoms with Gasteiger partial charge in [0.1, 0.15) is 5.03 Å². The van der Waals surface area contributed by atoms with Gasteiger partial charge in [0.15, 0.2) is 0 Å². The van der Waals surface area contributed by atoms with Crippen molar-refractivity contribution in [2.45, 2.75) is 11.6 Å². The summed E-state index contributed by atoms with van der Waals surface area (Å²) in [7, 11) is 0. The van der Waals surface area contributed by atoms with Crippen LogP contribution in [0.25, 0.3) is 11.3 Å². The predicted octanol–water partition coefficient (Wildman–Crippen LogP) is 4.97. The molecule has 132 valence electrons. The highest BCUT2D eigenvalue weighted by Crippen LogP contribution is 2.21. The minimum atomic E-state index is -0.0753. The normalized spacial score (nSPS) is 10.5. The molecule has 0 aliphatic rings. The Labute approximate surface area is 169 Å². The van der Waals surface area contributed by atoms with Crippen molar-refractivity contribution < 1.29 is 4.79 Å². The van der Waals surface area contributed by atoms with Crippen LogP contribution in [0, 0.1) is 0 Å². The van der Waals surface area contributed by atoms with E-state index in [0.29, 0.717) is 16.6 Å². The smallest absolute Gasteiger partial charge is 0.230 e. The van der Waals surface area contributed by atoms with E-state index in [4.69, 9.17) is 11.6 Å². The van der Waals surface area contributed by atoms with E-state index in [9.17, 15) is 4.79 Å². The SMILES string of the molecule is O=C(CSc1ccc(-c2ccc(Br)cc2)nn1)NCc1ccccc1Cl. The summed E-state index contributed by atoms with van der Waals surface area (Å²) >= 11 is 10.8. The number of carbonyl (C=O) groups excluding carboxylic acids is 1. The van der Waals surface area contributed by atoms with Gasteiger partial charge >= 0.3 is 0 Å². The van der Waals surface area contributed by atoms with Crippen molar-refractivity contribution in [3.63, 3.8) is 0 Å². The van der Waals surface area contributed by atoms with Crippen LogP contribution in [0.2, 0.25) is 5.02 Å². The Morgan fingerprint density at radius 3 is 2.50 bits per heavy atom. The third-order valence-electron chi connectivity index (χ3n) is 3.57. The zero-order chi connectivity index (χ0) is 18.4. The van der Waals surface area contributed by atoms with Gasteiger partial charge < -0.3 is 5.32 Å². The van der Waals surface area contributed by atoms with Crippen LogP contribution >= 0.6 is 39.3 Å². The quantitative estimate of drug-likeness (QED) is 0.541. The topological polar surface area (TPSA) is 54.9 Å². The molecule has 3 aromatic rings. The van der Waals surface area contributed by atoms with Crippen molar-refractivity contribution in [1.29, 1.82) is 0 Å². The van der Waals surface area contributed by atoms with E-state index < -0.39 is 0 Å². The lowest BCUT2D eigenvalue weighted by Crippen LogP contribution is -2.24. The maximum Gasteiger partial charge on any atom is 0.230 e. The van der Waals surface area contributed by atoms with Crippen molar-refractivity contribution in [3.05, 3.63) is 75.7 Å². The second-order valence-electron chi connectivity index (χ2n) is 5.42. The lowest BCUT2D eigenvalue weighted by atomic mass is 10.1. The van der Waals surface area contributed by atoms with Crippen LogP contribution in [-0.2, 0) is 11.3 Å². The molecule has 4 nitrogen and oxygen atoms in total. The van der Waals surface area contributed by atoms with Gasteiger partial charge in [-0.2, -0.15) is 0 Å². The first kappa shape index (κ1) is 18.9. The van der Waals surface area contributed by atoms with Gasteiger partial charge in [-0.1, -0.05) is 69.6 Å². The number of halogens is 2. The number of benzene rings is 2. The molecule has 0 bridgehead atoms. The Kier molecular flexibility index (Phi) is 6.66. The van der Waals surface area contributed by atoms with Crippen molar-refractivity contribution in [2.24, 2.45) is 0 Å². The van der Waals surface area contributed by atoms with E-state index in [1.54, 1.807) is 6.07 Å². The molecule has 0 saturated carbocycles. The zero-order valence-corrected chi connectivity index (χ0v) is 16.8. The summed E-state index contributed by atoms with van der Waals surface area (Å²) < 4.78 is 1.02. The average molecular weight is 449 g/mol. The van der Waals surface area contributed by atoms with Gasteiger partial charge in [0.2, 0.25) is 5.91 Å². The van der Waals surface area contributed by atoms with Gasteiger partial charge in [-0.3, -0.25) is 4.79 Å². The van der Waals surface area contributed by atoms with E-state index in [-0.39, 0.29) is 11.7 Å². The van der Waals surface area contributed by atoms with Crippen LogP contribution in [0.4, 0.5) is 0 Å². The van der Waals surface area contributed by atoms with Gasteiger partial charge in [0, 0.05) is 21.6 Å². The molecule has 1 heterocycles. The summed E-state index contributed by atoms with van der Waals surface area (Å²) in [5.74, 6) is 0.199. The monoisotopic (exact) mass is 447 g/mol. The van der Waals surface area contributed by atoms with Gasteiger partial charge in [0.05, 0.1) is 11.4 Å². The van der Waals surface area contributed by atoms with Crippen LogP contribution in [-0.4, -0.2) is 21.9 Å². The van der Waals surface area contributed by atoms with Crippen LogP contribution in [0.3, 0.4) is 0 Å². The van der Waals surface area contributed by atoms with E-state index in [2.05, 4.69) is 31.4 Å². The fourth-order valence-corrected chi connectivity index (χ4v) is 3.31. The molecule has 2 aromatic carbocycles. The van der Waals surface area contributed by atoms with E-state index in [1.807, 2.05) is 54.6 Å². The van der Waals surface area contributed by atoms with Crippen molar-refractivity contribution in [3.8, 4) is 11.3 Å². The Bertz CT molecular complexity index is 888. The molecular weight excluding hydrogens is 434 g/mol. The largest absolute Gasteiger partial charge is 0.351 e. The van der Waals surface area contributed by atoms with E-state index in [1.165, 1.54) is 11.8 Å². The molecule has 0 fully saturated rings. The molecule has 0 saturated heterocycles. The maximum absolute atomic E-state index is 12.0. The molecule has 3 rings (SSSR count). The van der Waals surface area contributed by atoms with Crippen LogP contribution < -0.4 is 5.32 Å². The Morgan fingerprint density at radius 2 is 1.81 bits per heavy atom. The maximum atomic E-state index is 12.0. The van der Waals surface area contributed by atoms with Gasteiger partial charge in [0.25, 0.3) is 0 Å². The predicted molar refractivity (Wildman–Crippen MR) is 109 cm³/mol. The molecule has 0 spiro atoms. The molecule has 1 aromatic heterocycles. The second-order valence-corrected chi connectivity index (χ2v) is 7.74. The molecule has 0 aliphatic carbocycles. The Hall–Kier alpha value is -1.89. The lowest BCUT2D eigenvalue weighted by molar-refractivity contribution is -0.118. The fraction of sp³-hybridized carbons (Fsp3) is 0.105. The van der Waals surface area contributed by atoms with E-state index >= 15 is 0 Å². The number of thioether (sulfide) groups is 1. The number of rotatable bonds is 6. The number of hydrogen-bond acceptors (Lipinski definition) is 4. The second kappa shape index (κ2) is 9.16. The van der Waals surface area contributed by atoms with Gasteiger partial charge in [-0.15, -0.1) is 10.2 Å². The summed E-state index contributed by atoms with van der Waals surface area (Å²) in [5.41, 5.74) is 2.69. The summed E-state index contributed by atoms with van der Waals surface area (Å²) in [4.78, 5) is 12.0. The highest BCUT2D eigenvalue weighted by molar-refractivity contribution is 9.10. The molecule has 0 aliphatic heterocycles. The van der Waals surface area contributed by atoms with Crippen molar-refractivity contribution in [1.82, 2.24) is 15.5 Å². The van der Waals surface area contributed by atoms with Crippen LogP contribution in [0.15, 0.2) is 70.2 Å². The molecule has 0 radical (unpaired) electrons. The van der Waals surface area contributed by atoms with Crippen LogP contribution in [0.5, 0.6) is 0 Å². The number of hydrogen-bond donors (Lipinski definition) is 1. The number of nitrogens with one attached hydrogen (secondary N) is 1. The number of aromatic nitrogens is 2. The third-order valence-corrected chi connectivity index (χ3v) is 5.38. The number of carbonyl (C=O) groups is 1. The highest BCUT2D eigenvalue weighted by Gasteiger charge is 2.07. The number of nitrogens with zero attached hydrogens (tertiary/aromatic N) is 2. The van der Waals surface area contributed by atoms with E-state index in [0.717, 1.165) is 21.3 Å². The highest BCUT2D eigenvalue weighted by atomic mass is 79.9. The average Bonchev–Trinajstić information content (AvgIpc) is 2.67. The zero-order valence-electron chi connectivity index (χ0n) is 13.7. The summed E-state index contributed by atoms with van der Waals surface area (Å²) in [5, 5.41) is 12.6. The van der Waals surface area contributed by atoms with Crippen molar-refractivity contribution in [2.75, 3.05) is 5.75 Å². The standard InChI is InChI=1S/C19H15BrClN3OS/c20-15-7-5-13(6-8-15)17-9-10-19(24-23-17)26-12-18(25)22-11-14-3-1-2-4-16(14)21/h1-10H,11-12H2,(H,22,25). The Balaban J connectivity index is 1.50. The first-order valence-corrected chi connectivity index (χ1v) is 10.00. The van der Waals surface area contributed by atoms with Gasteiger partial charge in [-0.25, -0.2) is 0 Å². The molecule has 1 N–H and O–H groups in total. The lowest BCUT2D eigenvalue weighted by Gasteiger charge is -2.07. The van der Waals surface area contributed by atoms with Crippen molar-refractivity contribution >= 4 is 45.2 Å².